The molecule has 0 fully saturated rings. The van der Waals surface area contributed by atoms with Gasteiger partial charge in [-0.15, -0.1) is 0 Å². The summed E-state index contributed by atoms with van der Waals surface area (Å²) >= 11 is 0. The lowest BCUT2D eigenvalue weighted by atomic mass is 10.9. The highest BCUT2D eigenvalue weighted by Gasteiger charge is 2.16. The topological polar surface area (TPSA) is 87.7 Å². The predicted molar refractivity (Wildman–Crippen MR) is 27.1 cm³/mol. The first-order chi connectivity index (χ1) is 4.20. The number of hydrazine groups is 4. The van der Waals surface area contributed by atoms with Crippen molar-refractivity contribution in [2.75, 3.05) is 0 Å². The molecule has 3 N–H and O–H groups in total. The minimum Gasteiger partial charge on any atom is -0.233 e. The Bertz CT molecular complexity index is 155. The van der Waals surface area contributed by atoms with Crippen LogP contribution in [0, 0.1) is 10.1 Å². The molecule has 1 heterocycles. The van der Waals surface area contributed by atoms with Crippen molar-refractivity contribution in [1.82, 2.24) is 15.8 Å². The zero-order valence-corrected chi connectivity index (χ0v) is 4.39. The quantitative estimate of drug-likeness (QED) is 0.257. The van der Waals surface area contributed by atoms with Crippen molar-refractivity contribution in [2.45, 2.75) is 0 Å². The normalized spacial score (nSPS) is 17.0. The number of nitrogens with zero attached hydrogens (tertiary/aromatic N) is 3. The SMILES string of the molecule is NN1C=CN([N+](=O)[O-])N1. The summed E-state index contributed by atoms with van der Waals surface area (Å²) in [7, 11) is 0. The molecule has 0 aromatic heterocycles. The summed E-state index contributed by atoms with van der Waals surface area (Å²) in [6, 6.07) is 0. The lowest BCUT2D eigenvalue weighted by Gasteiger charge is -2.08. The fourth-order valence-electron chi connectivity index (χ4n) is 0.411. The summed E-state index contributed by atoms with van der Waals surface area (Å²) in [6.45, 7) is 0. The van der Waals surface area contributed by atoms with Crippen LogP contribution in [0.2, 0.25) is 0 Å². The van der Waals surface area contributed by atoms with Crippen LogP contribution in [0.15, 0.2) is 12.4 Å². The molecule has 0 unspecified atom stereocenters. The van der Waals surface area contributed by atoms with E-state index in [1.54, 1.807) is 0 Å². The Balaban J connectivity index is 2.50. The molecule has 0 atom stereocenters. The van der Waals surface area contributed by atoms with Gasteiger partial charge in [0, 0.05) is 0 Å². The summed E-state index contributed by atoms with van der Waals surface area (Å²) in [5.41, 5.74) is 2.19. The first-order valence-corrected chi connectivity index (χ1v) is 2.12. The van der Waals surface area contributed by atoms with Crippen LogP contribution in [0.5, 0.6) is 0 Å². The molecule has 0 radical (unpaired) electrons. The molecule has 7 heteroatoms. The summed E-state index contributed by atoms with van der Waals surface area (Å²) in [6.07, 6.45) is 2.52. The second kappa shape index (κ2) is 1.88. The van der Waals surface area contributed by atoms with Crippen LogP contribution in [0.25, 0.3) is 0 Å². The fourth-order valence-corrected chi connectivity index (χ4v) is 0.411. The molecule has 0 amide bonds. The predicted octanol–water partition coefficient (Wildman–Crippen LogP) is -1.44. The third-order valence-electron chi connectivity index (χ3n) is 0.762. The standard InChI is InChI=1S/C2H5N5O2/c3-5-1-2-6(4-5)7(8)9/h1-2,4H,3H2. The summed E-state index contributed by atoms with van der Waals surface area (Å²) in [4.78, 5) is 9.88. The fraction of sp³-hybridized carbons (Fsp3) is 0. The van der Waals surface area contributed by atoms with E-state index in [1.807, 2.05) is 0 Å². The third-order valence-corrected chi connectivity index (χ3v) is 0.762. The highest BCUT2D eigenvalue weighted by Crippen LogP contribution is 1.92. The van der Waals surface area contributed by atoms with Gasteiger partial charge in [-0.05, 0) is 5.12 Å². The van der Waals surface area contributed by atoms with Crippen molar-refractivity contribution >= 4 is 0 Å². The number of hydrogen-bond donors (Lipinski definition) is 2. The molecule has 1 aliphatic rings. The van der Waals surface area contributed by atoms with Crippen molar-refractivity contribution in [1.29, 1.82) is 0 Å². The second-order valence-corrected chi connectivity index (χ2v) is 1.39. The van der Waals surface area contributed by atoms with Crippen LogP contribution >= 0.6 is 0 Å². The number of hydrogen-bond acceptors (Lipinski definition) is 5. The van der Waals surface area contributed by atoms with E-state index in [4.69, 9.17) is 5.84 Å². The molecule has 0 aromatic carbocycles. The van der Waals surface area contributed by atoms with Gasteiger partial charge in [0.15, 0.2) is 5.03 Å². The molecule has 0 aromatic rings. The minimum absolute atomic E-state index is 0.636. The van der Waals surface area contributed by atoms with Crippen LogP contribution in [0.4, 0.5) is 0 Å². The average molecular weight is 131 g/mol. The van der Waals surface area contributed by atoms with Gasteiger partial charge in [0.25, 0.3) is 0 Å². The molecule has 1 aliphatic heterocycles. The number of rotatable bonds is 1. The van der Waals surface area contributed by atoms with E-state index in [1.165, 1.54) is 12.4 Å². The lowest BCUT2D eigenvalue weighted by Crippen LogP contribution is -2.45. The van der Waals surface area contributed by atoms with Gasteiger partial charge in [0.2, 0.25) is 0 Å². The number of nitro groups is 1. The van der Waals surface area contributed by atoms with Gasteiger partial charge < -0.3 is 0 Å². The van der Waals surface area contributed by atoms with E-state index in [9.17, 15) is 10.1 Å². The summed E-state index contributed by atoms with van der Waals surface area (Å²) in [5.74, 6) is 5.05. The summed E-state index contributed by atoms with van der Waals surface area (Å²) < 4.78 is 0. The Kier molecular flexibility index (Phi) is 1.21. The van der Waals surface area contributed by atoms with Crippen molar-refractivity contribution in [3.05, 3.63) is 22.5 Å². The van der Waals surface area contributed by atoms with Gasteiger partial charge in [0.05, 0.1) is 6.20 Å². The first-order valence-electron chi connectivity index (χ1n) is 2.12. The Morgan fingerprint density at radius 1 is 1.67 bits per heavy atom. The minimum atomic E-state index is -0.636. The maximum atomic E-state index is 9.88. The van der Waals surface area contributed by atoms with Crippen LogP contribution in [0.1, 0.15) is 0 Å². The molecule has 0 saturated heterocycles. The molecule has 0 bridgehead atoms. The Morgan fingerprint density at radius 3 is 2.56 bits per heavy atom. The Labute approximate surface area is 50.4 Å². The zero-order valence-electron chi connectivity index (χ0n) is 4.39. The highest BCUT2D eigenvalue weighted by atomic mass is 16.7. The Morgan fingerprint density at radius 2 is 2.33 bits per heavy atom. The van der Waals surface area contributed by atoms with Gasteiger partial charge in [0.1, 0.15) is 6.20 Å². The molecule has 50 valence electrons. The molecule has 1 rings (SSSR count). The second-order valence-electron chi connectivity index (χ2n) is 1.39. The van der Waals surface area contributed by atoms with Crippen molar-refractivity contribution < 1.29 is 5.03 Å². The van der Waals surface area contributed by atoms with Gasteiger partial charge in [-0.3, -0.25) is 0 Å². The van der Waals surface area contributed by atoms with Crippen molar-refractivity contribution in [3.63, 3.8) is 0 Å². The van der Waals surface area contributed by atoms with Gasteiger partial charge >= 0.3 is 0 Å². The molecule has 7 nitrogen and oxygen atoms in total. The Hall–Kier alpha value is -1.34. The third kappa shape index (κ3) is 1.06. The van der Waals surface area contributed by atoms with E-state index < -0.39 is 5.03 Å². The average Bonchev–Trinajstić information content (AvgIpc) is 2.14. The van der Waals surface area contributed by atoms with Gasteiger partial charge in [-0.2, -0.15) is 0 Å². The van der Waals surface area contributed by atoms with E-state index in [2.05, 4.69) is 5.53 Å². The van der Waals surface area contributed by atoms with E-state index in [-0.39, 0.29) is 0 Å². The number of nitrogens with two attached hydrogens (primary N) is 1. The summed E-state index contributed by atoms with van der Waals surface area (Å²) in [5, 5.41) is 10.9. The molecule has 9 heavy (non-hydrogen) atoms. The largest absolute Gasteiger partial charge is 0.233 e. The maximum Gasteiger partial charge on any atom is 0.182 e. The van der Waals surface area contributed by atoms with E-state index >= 15 is 0 Å². The number of nitrogens with one attached hydrogen (secondary N) is 1. The zero-order chi connectivity index (χ0) is 6.85. The molecular formula is C2H5N5O2. The maximum absolute atomic E-state index is 9.88. The van der Waals surface area contributed by atoms with E-state index in [0.717, 1.165) is 5.12 Å². The van der Waals surface area contributed by atoms with Crippen LogP contribution in [0.3, 0.4) is 0 Å². The molecule has 0 aliphatic carbocycles. The van der Waals surface area contributed by atoms with Crippen LogP contribution in [-0.2, 0) is 0 Å². The monoisotopic (exact) mass is 131 g/mol. The molecule has 0 spiro atoms. The van der Waals surface area contributed by atoms with E-state index in [0.29, 0.717) is 5.12 Å². The lowest BCUT2D eigenvalue weighted by molar-refractivity contribution is -0.657. The van der Waals surface area contributed by atoms with Gasteiger partial charge in [-0.1, -0.05) is 5.53 Å². The van der Waals surface area contributed by atoms with Crippen LogP contribution < -0.4 is 11.4 Å². The van der Waals surface area contributed by atoms with Crippen molar-refractivity contribution in [3.8, 4) is 0 Å². The smallest absolute Gasteiger partial charge is 0.182 e. The highest BCUT2D eigenvalue weighted by molar-refractivity contribution is 4.77. The van der Waals surface area contributed by atoms with Crippen molar-refractivity contribution in [2.24, 2.45) is 5.84 Å². The first kappa shape index (κ1) is 5.79. The molecular weight excluding hydrogens is 126 g/mol. The van der Waals surface area contributed by atoms with Crippen LogP contribution in [-0.4, -0.2) is 15.3 Å². The van der Waals surface area contributed by atoms with Gasteiger partial charge in [-0.25, -0.2) is 21.1 Å². The molecule has 0 saturated carbocycles.